The Morgan fingerprint density at radius 1 is 1.28 bits per heavy atom. The van der Waals surface area contributed by atoms with Crippen LogP contribution in [-0.4, -0.2) is 17.7 Å². The third-order valence-electron chi connectivity index (χ3n) is 2.82. The summed E-state index contributed by atoms with van der Waals surface area (Å²) in [6.45, 7) is 2.38. The van der Waals surface area contributed by atoms with Crippen LogP contribution in [0.1, 0.15) is 50.7 Å². The van der Waals surface area contributed by atoms with Gasteiger partial charge in [0, 0.05) is 12.8 Å². The Kier molecular flexibility index (Phi) is 7.11. The number of unbranched alkanes of at least 4 members (excludes halogenated alkanes) is 2. The third kappa shape index (κ3) is 5.82. The van der Waals surface area contributed by atoms with E-state index in [2.05, 4.69) is 6.92 Å². The van der Waals surface area contributed by atoms with Crippen LogP contribution in [0, 0.1) is 0 Å². The number of benzene rings is 1. The average molecular weight is 250 g/mol. The van der Waals surface area contributed by atoms with Crippen LogP contribution in [0.3, 0.4) is 0 Å². The third-order valence-corrected chi connectivity index (χ3v) is 2.82. The second-order valence-corrected chi connectivity index (χ2v) is 4.39. The van der Waals surface area contributed by atoms with Crippen molar-refractivity contribution in [3.63, 3.8) is 0 Å². The molecule has 0 aliphatic heterocycles. The summed E-state index contributed by atoms with van der Waals surface area (Å²) in [5, 5.41) is 9.86. The van der Waals surface area contributed by atoms with Gasteiger partial charge in [-0.2, -0.15) is 0 Å². The van der Waals surface area contributed by atoms with Crippen LogP contribution >= 0.6 is 0 Å². The lowest BCUT2D eigenvalue weighted by atomic mass is 10.1. The fourth-order valence-electron chi connectivity index (χ4n) is 1.72. The summed E-state index contributed by atoms with van der Waals surface area (Å²) in [6, 6.07) is 9.41. The van der Waals surface area contributed by atoms with E-state index in [0.717, 1.165) is 24.8 Å². The summed E-state index contributed by atoms with van der Waals surface area (Å²) in [6.07, 6.45) is 3.41. The molecule has 0 radical (unpaired) electrons. The molecule has 18 heavy (non-hydrogen) atoms. The number of aliphatic hydroxyl groups excluding tert-OH is 1. The highest BCUT2D eigenvalue weighted by molar-refractivity contribution is 5.69. The molecule has 0 saturated carbocycles. The second kappa shape index (κ2) is 8.70. The lowest BCUT2D eigenvalue weighted by Gasteiger charge is -2.11. The van der Waals surface area contributed by atoms with Crippen LogP contribution in [-0.2, 0) is 9.53 Å². The molecule has 0 heterocycles. The van der Waals surface area contributed by atoms with Gasteiger partial charge in [0.15, 0.2) is 0 Å². The van der Waals surface area contributed by atoms with Crippen LogP contribution in [0.5, 0.6) is 0 Å². The summed E-state index contributed by atoms with van der Waals surface area (Å²) in [7, 11) is 0. The molecule has 0 aliphatic rings. The van der Waals surface area contributed by atoms with Crippen LogP contribution in [0.15, 0.2) is 30.3 Å². The molecule has 0 spiro atoms. The molecule has 1 N–H and O–H groups in total. The van der Waals surface area contributed by atoms with Crippen LogP contribution in [0.2, 0.25) is 0 Å². The smallest absolute Gasteiger partial charge is 0.305 e. The molecule has 0 amide bonds. The first-order valence-electron chi connectivity index (χ1n) is 6.62. The Labute approximate surface area is 109 Å². The van der Waals surface area contributed by atoms with Crippen molar-refractivity contribution in [2.24, 2.45) is 0 Å². The van der Waals surface area contributed by atoms with Gasteiger partial charge in [-0.25, -0.2) is 0 Å². The Morgan fingerprint density at radius 2 is 2.00 bits per heavy atom. The topological polar surface area (TPSA) is 46.5 Å². The van der Waals surface area contributed by atoms with Crippen LogP contribution < -0.4 is 0 Å². The zero-order chi connectivity index (χ0) is 13.2. The highest BCUT2D eigenvalue weighted by Crippen LogP contribution is 2.15. The first-order chi connectivity index (χ1) is 8.74. The molecule has 0 fully saturated rings. The molecular weight excluding hydrogens is 228 g/mol. The molecule has 100 valence electrons. The number of carbonyl (C=O) groups is 1. The Bertz CT molecular complexity index is 335. The Balaban J connectivity index is 2.16. The molecule has 0 aliphatic carbocycles. The highest BCUT2D eigenvalue weighted by atomic mass is 16.5. The lowest BCUT2D eigenvalue weighted by molar-refractivity contribution is -0.144. The number of esters is 1. The first-order valence-corrected chi connectivity index (χ1v) is 6.62. The van der Waals surface area contributed by atoms with Crippen molar-refractivity contribution in [2.75, 3.05) is 6.61 Å². The molecule has 1 atom stereocenters. The van der Waals surface area contributed by atoms with Crippen molar-refractivity contribution in [2.45, 2.75) is 45.1 Å². The summed E-state index contributed by atoms with van der Waals surface area (Å²) in [5.41, 5.74) is 0.861. The van der Waals surface area contributed by atoms with Gasteiger partial charge in [-0.05, 0) is 12.0 Å². The van der Waals surface area contributed by atoms with E-state index < -0.39 is 6.10 Å². The summed E-state index contributed by atoms with van der Waals surface area (Å²) in [5.74, 6) is -0.163. The van der Waals surface area contributed by atoms with E-state index in [1.165, 1.54) is 0 Å². The van der Waals surface area contributed by atoms with E-state index in [0.29, 0.717) is 12.8 Å². The zero-order valence-corrected chi connectivity index (χ0v) is 11.0. The lowest BCUT2D eigenvalue weighted by Crippen LogP contribution is -2.09. The molecule has 1 rings (SSSR count). The predicted octanol–water partition coefficient (Wildman–Crippen LogP) is 3.23. The zero-order valence-electron chi connectivity index (χ0n) is 11.0. The van der Waals surface area contributed by atoms with Gasteiger partial charge in [-0.1, -0.05) is 50.1 Å². The Morgan fingerprint density at radius 3 is 2.67 bits per heavy atom. The predicted molar refractivity (Wildman–Crippen MR) is 71.1 cm³/mol. The van der Waals surface area contributed by atoms with E-state index in [1.807, 2.05) is 30.3 Å². The van der Waals surface area contributed by atoms with Gasteiger partial charge in [0.1, 0.15) is 0 Å². The second-order valence-electron chi connectivity index (χ2n) is 4.39. The summed E-state index contributed by atoms with van der Waals surface area (Å²) >= 11 is 0. The van der Waals surface area contributed by atoms with Gasteiger partial charge in [-0.3, -0.25) is 4.79 Å². The number of hydrogen-bond donors (Lipinski definition) is 1. The maximum Gasteiger partial charge on any atom is 0.305 e. The molecule has 3 heteroatoms. The number of carbonyl (C=O) groups excluding carboxylic acids is 1. The SMILES string of the molecule is CCCCCC(=O)OCCC(O)c1ccccc1. The number of hydrogen-bond acceptors (Lipinski definition) is 3. The minimum Gasteiger partial charge on any atom is -0.466 e. The molecule has 3 nitrogen and oxygen atoms in total. The monoisotopic (exact) mass is 250 g/mol. The van der Waals surface area contributed by atoms with Crippen molar-refractivity contribution >= 4 is 5.97 Å². The van der Waals surface area contributed by atoms with Gasteiger partial charge in [0.2, 0.25) is 0 Å². The molecule has 0 bridgehead atoms. The fraction of sp³-hybridized carbons (Fsp3) is 0.533. The van der Waals surface area contributed by atoms with E-state index >= 15 is 0 Å². The maximum absolute atomic E-state index is 11.3. The van der Waals surface area contributed by atoms with Crippen molar-refractivity contribution in [1.29, 1.82) is 0 Å². The van der Waals surface area contributed by atoms with Gasteiger partial charge < -0.3 is 9.84 Å². The normalized spacial score (nSPS) is 12.1. The maximum atomic E-state index is 11.3. The van der Waals surface area contributed by atoms with E-state index in [-0.39, 0.29) is 12.6 Å². The van der Waals surface area contributed by atoms with Gasteiger partial charge in [-0.15, -0.1) is 0 Å². The van der Waals surface area contributed by atoms with Crippen LogP contribution in [0.25, 0.3) is 0 Å². The molecule has 1 aromatic rings. The molecule has 0 saturated heterocycles. The van der Waals surface area contributed by atoms with Crippen LogP contribution in [0.4, 0.5) is 0 Å². The van der Waals surface area contributed by atoms with E-state index in [4.69, 9.17) is 4.74 Å². The van der Waals surface area contributed by atoms with Crippen molar-refractivity contribution in [1.82, 2.24) is 0 Å². The summed E-state index contributed by atoms with van der Waals surface area (Å²) < 4.78 is 5.08. The fourth-order valence-corrected chi connectivity index (χ4v) is 1.72. The highest BCUT2D eigenvalue weighted by Gasteiger charge is 2.08. The van der Waals surface area contributed by atoms with Gasteiger partial charge in [0.25, 0.3) is 0 Å². The standard InChI is InChI=1S/C15H22O3/c1-2-3-5-10-15(17)18-12-11-14(16)13-8-6-4-7-9-13/h4,6-9,14,16H,2-3,5,10-12H2,1H3. The van der Waals surface area contributed by atoms with Gasteiger partial charge in [0.05, 0.1) is 12.7 Å². The van der Waals surface area contributed by atoms with E-state index in [9.17, 15) is 9.90 Å². The minimum absolute atomic E-state index is 0.163. The van der Waals surface area contributed by atoms with Crippen molar-refractivity contribution in [3.8, 4) is 0 Å². The number of rotatable bonds is 8. The first kappa shape index (κ1) is 14.7. The largest absolute Gasteiger partial charge is 0.466 e. The minimum atomic E-state index is -0.561. The summed E-state index contributed by atoms with van der Waals surface area (Å²) in [4.78, 5) is 11.3. The number of ether oxygens (including phenoxy) is 1. The van der Waals surface area contributed by atoms with E-state index in [1.54, 1.807) is 0 Å². The molecule has 1 unspecified atom stereocenters. The average Bonchev–Trinajstić information content (AvgIpc) is 2.40. The Hall–Kier alpha value is -1.35. The molecule has 1 aromatic carbocycles. The number of aliphatic hydroxyl groups is 1. The molecular formula is C15H22O3. The quantitative estimate of drug-likeness (QED) is 0.569. The van der Waals surface area contributed by atoms with Gasteiger partial charge >= 0.3 is 5.97 Å². The van der Waals surface area contributed by atoms with Crippen molar-refractivity contribution < 1.29 is 14.6 Å². The van der Waals surface area contributed by atoms with Crippen molar-refractivity contribution in [3.05, 3.63) is 35.9 Å². The molecule has 0 aromatic heterocycles.